The lowest BCUT2D eigenvalue weighted by molar-refractivity contribution is 0.101. The van der Waals surface area contributed by atoms with Crippen LogP contribution in [0.5, 0.6) is 11.5 Å². The van der Waals surface area contributed by atoms with Crippen molar-refractivity contribution in [1.82, 2.24) is 14.6 Å². The number of benzene rings is 3. The predicted octanol–water partition coefficient (Wildman–Crippen LogP) is 6.06. The number of carbonyl (C=O) groups excluding carboxylic acids is 1. The largest absolute Gasteiger partial charge is 0.457 e. The molecule has 0 N–H and O–H groups in total. The van der Waals surface area contributed by atoms with Crippen molar-refractivity contribution in [3.8, 4) is 34.0 Å². The van der Waals surface area contributed by atoms with E-state index in [1.165, 1.54) is 0 Å². The fraction of sp³-hybridized carbons (Fsp3) is 0.0385. The molecule has 31 heavy (non-hydrogen) atoms. The maximum absolute atomic E-state index is 11.8. The van der Waals surface area contributed by atoms with E-state index >= 15 is 0 Å². The molecule has 0 aliphatic rings. The minimum Gasteiger partial charge on any atom is -0.457 e. The molecule has 2 heterocycles. The van der Waals surface area contributed by atoms with Gasteiger partial charge in [0.15, 0.2) is 11.4 Å². The quantitative estimate of drug-likeness (QED) is 0.334. The van der Waals surface area contributed by atoms with Crippen LogP contribution in [-0.2, 0) is 0 Å². The third-order valence-electron chi connectivity index (χ3n) is 5.04. The molecule has 0 aliphatic carbocycles. The molecule has 5 rings (SSSR count). The summed E-state index contributed by atoms with van der Waals surface area (Å²) in [5, 5.41) is 4.82. The Kier molecular flexibility index (Phi) is 4.77. The molecule has 3 aromatic carbocycles. The molecule has 0 saturated heterocycles. The summed E-state index contributed by atoms with van der Waals surface area (Å²) in [6, 6.07) is 28.9. The van der Waals surface area contributed by atoms with Gasteiger partial charge in [0.2, 0.25) is 0 Å². The van der Waals surface area contributed by atoms with E-state index in [1.54, 1.807) is 17.6 Å². The van der Waals surface area contributed by atoms with Gasteiger partial charge in [-0.1, -0.05) is 48.5 Å². The van der Waals surface area contributed by atoms with Gasteiger partial charge < -0.3 is 4.74 Å². The zero-order valence-corrected chi connectivity index (χ0v) is 16.9. The summed E-state index contributed by atoms with van der Waals surface area (Å²) in [5.74, 6) is 1.55. The molecule has 0 saturated carbocycles. The van der Waals surface area contributed by atoms with Crippen LogP contribution in [-0.4, -0.2) is 20.4 Å². The number of Topliss-reactive ketones (excluding diaryl/α,β-unsaturated/α-hetero) is 1. The second kappa shape index (κ2) is 7.88. The molecular formula is C26H19N3O2. The van der Waals surface area contributed by atoms with Crippen molar-refractivity contribution in [3.05, 3.63) is 103 Å². The van der Waals surface area contributed by atoms with Gasteiger partial charge in [-0.25, -0.2) is 9.50 Å². The zero-order valence-electron chi connectivity index (χ0n) is 16.9. The zero-order chi connectivity index (χ0) is 21.2. The fourth-order valence-corrected chi connectivity index (χ4v) is 3.47. The molecule has 0 radical (unpaired) electrons. The lowest BCUT2D eigenvalue weighted by atomic mass is 10.1. The lowest BCUT2D eigenvalue weighted by Crippen LogP contribution is -1.98. The Morgan fingerprint density at radius 2 is 1.58 bits per heavy atom. The van der Waals surface area contributed by atoms with Gasteiger partial charge in [-0.15, -0.1) is 0 Å². The maximum atomic E-state index is 11.8. The topological polar surface area (TPSA) is 56.5 Å². The number of aromatic nitrogens is 3. The van der Waals surface area contributed by atoms with Crippen molar-refractivity contribution in [1.29, 1.82) is 0 Å². The number of rotatable bonds is 5. The van der Waals surface area contributed by atoms with Crippen molar-refractivity contribution in [2.45, 2.75) is 6.92 Å². The number of ketones is 1. The smallest absolute Gasteiger partial charge is 0.159 e. The van der Waals surface area contributed by atoms with Gasteiger partial charge >= 0.3 is 0 Å². The Morgan fingerprint density at radius 3 is 2.42 bits per heavy atom. The van der Waals surface area contributed by atoms with Gasteiger partial charge in [-0.2, -0.15) is 5.10 Å². The molecule has 5 heteroatoms. The highest BCUT2D eigenvalue weighted by Gasteiger charge is 2.11. The molecule has 0 atom stereocenters. The van der Waals surface area contributed by atoms with Crippen LogP contribution in [0, 0.1) is 0 Å². The van der Waals surface area contributed by atoms with Gasteiger partial charge in [0.25, 0.3) is 0 Å². The number of ether oxygens (including phenoxy) is 1. The molecule has 2 aromatic heterocycles. The van der Waals surface area contributed by atoms with Crippen LogP contribution in [0.25, 0.3) is 28.2 Å². The van der Waals surface area contributed by atoms with E-state index in [0.29, 0.717) is 5.56 Å². The van der Waals surface area contributed by atoms with Crippen LogP contribution in [0.1, 0.15) is 17.3 Å². The SMILES string of the molecule is CC(=O)c1cccc(-c2cnc3ccc(-c4cccc(Oc5ccccc5)c4)nn23)c1. The number of carbonyl (C=O) groups is 1. The van der Waals surface area contributed by atoms with Gasteiger partial charge in [-0.3, -0.25) is 4.79 Å². The first kappa shape index (κ1) is 18.8. The van der Waals surface area contributed by atoms with Gasteiger partial charge in [0, 0.05) is 16.7 Å². The van der Waals surface area contributed by atoms with E-state index in [9.17, 15) is 4.79 Å². The first-order valence-electron chi connectivity index (χ1n) is 9.97. The average molecular weight is 405 g/mol. The van der Waals surface area contributed by atoms with E-state index < -0.39 is 0 Å². The number of nitrogens with zero attached hydrogens (tertiary/aromatic N) is 3. The third-order valence-corrected chi connectivity index (χ3v) is 5.04. The van der Waals surface area contributed by atoms with Crippen LogP contribution in [0.15, 0.2) is 97.2 Å². The highest BCUT2D eigenvalue weighted by molar-refractivity contribution is 5.95. The van der Waals surface area contributed by atoms with Crippen LogP contribution in [0.4, 0.5) is 0 Å². The van der Waals surface area contributed by atoms with E-state index in [0.717, 1.165) is 39.7 Å². The normalized spacial score (nSPS) is 10.9. The predicted molar refractivity (Wildman–Crippen MR) is 120 cm³/mol. The molecular weight excluding hydrogens is 386 g/mol. The average Bonchev–Trinajstić information content (AvgIpc) is 3.23. The molecule has 0 spiro atoms. The first-order valence-corrected chi connectivity index (χ1v) is 9.97. The summed E-state index contributed by atoms with van der Waals surface area (Å²) < 4.78 is 7.77. The Morgan fingerprint density at radius 1 is 0.806 bits per heavy atom. The van der Waals surface area contributed by atoms with E-state index in [2.05, 4.69) is 4.98 Å². The first-order chi connectivity index (χ1) is 15.2. The molecule has 0 fully saturated rings. The van der Waals surface area contributed by atoms with Crippen molar-refractivity contribution in [2.75, 3.05) is 0 Å². The Labute approximate surface area is 179 Å². The minimum absolute atomic E-state index is 0.0274. The monoisotopic (exact) mass is 405 g/mol. The number of hydrogen-bond acceptors (Lipinski definition) is 4. The van der Waals surface area contributed by atoms with Crippen LogP contribution >= 0.6 is 0 Å². The highest BCUT2D eigenvalue weighted by atomic mass is 16.5. The Hall–Kier alpha value is -4.25. The number of fused-ring (bicyclic) bond motifs is 1. The minimum atomic E-state index is 0.0274. The van der Waals surface area contributed by atoms with Crippen molar-refractivity contribution in [2.24, 2.45) is 0 Å². The van der Waals surface area contributed by atoms with Crippen molar-refractivity contribution < 1.29 is 9.53 Å². The number of imidazole rings is 1. The van der Waals surface area contributed by atoms with Crippen LogP contribution < -0.4 is 4.74 Å². The highest BCUT2D eigenvalue weighted by Crippen LogP contribution is 2.28. The standard InChI is InChI=1S/C26H19N3O2/c1-18(30)19-7-5-9-21(15-19)25-17-27-26-14-13-24(28-29(25)26)20-8-6-12-23(16-20)31-22-10-3-2-4-11-22/h2-17H,1H3. The van der Waals surface area contributed by atoms with Crippen LogP contribution in [0.3, 0.4) is 0 Å². The third kappa shape index (κ3) is 3.81. The number of hydrogen-bond donors (Lipinski definition) is 0. The Balaban J connectivity index is 1.53. The second-order valence-electron chi connectivity index (χ2n) is 7.21. The summed E-state index contributed by atoms with van der Waals surface area (Å²) in [7, 11) is 0. The summed E-state index contributed by atoms with van der Waals surface area (Å²) in [4.78, 5) is 16.3. The Bertz CT molecular complexity index is 1390. The molecule has 0 bridgehead atoms. The molecule has 150 valence electrons. The molecule has 0 amide bonds. The molecule has 0 unspecified atom stereocenters. The van der Waals surface area contributed by atoms with E-state index in [1.807, 2.05) is 91.0 Å². The lowest BCUT2D eigenvalue weighted by Gasteiger charge is -2.08. The van der Waals surface area contributed by atoms with Gasteiger partial charge in [0.05, 0.1) is 17.6 Å². The second-order valence-corrected chi connectivity index (χ2v) is 7.21. The maximum Gasteiger partial charge on any atom is 0.159 e. The van der Waals surface area contributed by atoms with Crippen molar-refractivity contribution in [3.63, 3.8) is 0 Å². The van der Waals surface area contributed by atoms with Gasteiger partial charge in [-0.05, 0) is 49.4 Å². The molecule has 5 aromatic rings. The molecule has 0 aliphatic heterocycles. The fourth-order valence-electron chi connectivity index (χ4n) is 3.47. The number of para-hydroxylation sites is 1. The van der Waals surface area contributed by atoms with Crippen molar-refractivity contribution >= 4 is 11.4 Å². The summed E-state index contributed by atoms with van der Waals surface area (Å²) in [6.45, 7) is 1.56. The van der Waals surface area contributed by atoms with Crippen LogP contribution in [0.2, 0.25) is 0 Å². The summed E-state index contributed by atoms with van der Waals surface area (Å²) in [5.41, 5.74) is 4.86. The van der Waals surface area contributed by atoms with E-state index in [-0.39, 0.29) is 5.78 Å². The van der Waals surface area contributed by atoms with E-state index in [4.69, 9.17) is 9.84 Å². The van der Waals surface area contributed by atoms with Gasteiger partial charge in [0.1, 0.15) is 11.5 Å². The molecule has 5 nitrogen and oxygen atoms in total. The summed E-state index contributed by atoms with van der Waals surface area (Å²) in [6.07, 6.45) is 1.78. The summed E-state index contributed by atoms with van der Waals surface area (Å²) >= 11 is 0.